The average molecular weight is 349 g/mol. The summed E-state index contributed by atoms with van der Waals surface area (Å²) in [6.07, 6.45) is 5.98. The maximum absolute atomic E-state index is 11.4. The van der Waals surface area contributed by atoms with Gasteiger partial charge in [0.25, 0.3) is 5.91 Å². The molecule has 1 heterocycles. The van der Waals surface area contributed by atoms with Gasteiger partial charge in [0.15, 0.2) is 12.4 Å². The Morgan fingerprint density at radius 3 is 2.88 bits per heavy atom. The number of hydrogen-bond donors (Lipinski definition) is 3. The Balaban J connectivity index is 1.69. The maximum Gasteiger partial charge on any atom is 0.262 e. The summed E-state index contributed by atoms with van der Waals surface area (Å²) in [5.74, 6) is 0.402. The van der Waals surface area contributed by atoms with Crippen molar-refractivity contribution < 1.29 is 14.6 Å². The van der Waals surface area contributed by atoms with E-state index >= 15 is 0 Å². The van der Waals surface area contributed by atoms with E-state index in [1.54, 1.807) is 6.07 Å². The Bertz CT molecular complexity index is 563. The summed E-state index contributed by atoms with van der Waals surface area (Å²) in [7, 11) is 2.17. The third-order valence-corrected chi connectivity index (χ3v) is 4.46. The van der Waals surface area contributed by atoms with Crippen molar-refractivity contribution >= 4 is 11.6 Å². The lowest BCUT2D eigenvalue weighted by molar-refractivity contribution is -0.118. The van der Waals surface area contributed by atoms with E-state index < -0.39 is 0 Å². The molecule has 0 saturated carbocycles. The van der Waals surface area contributed by atoms with Crippen molar-refractivity contribution in [2.24, 2.45) is 0 Å². The Kier molecular flexibility index (Phi) is 8.01. The van der Waals surface area contributed by atoms with Gasteiger partial charge in [-0.1, -0.05) is 32.3 Å². The molecule has 0 aliphatic carbocycles. The number of phenols is 1. The topological polar surface area (TPSA) is 73.8 Å². The SMILES string of the molecule is CCCCCCN(C)CCNCCc1ccc(O)c2c1OCC(=O)N2. The molecule has 3 N–H and O–H groups in total. The molecule has 1 aliphatic heterocycles. The lowest BCUT2D eigenvalue weighted by atomic mass is 10.1. The molecule has 0 spiro atoms. The molecule has 0 bridgehead atoms. The molecule has 0 atom stereocenters. The summed E-state index contributed by atoms with van der Waals surface area (Å²) in [6, 6.07) is 3.46. The smallest absolute Gasteiger partial charge is 0.262 e. The van der Waals surface area contributed by atoms with Crippen LogP contribution in [0.3, 0.4) is 0 Å². The summed E-state index contributed by atoms with van der Waals surface area (Å²) in [4.78, 5) is 13.8. The predicted molar refractivity (Wildman–Crippen MR) is 100 cm³/mol. The highest BCUT2D eigenvalue weighted by atomic mass is 16.5. The summed E-state index contributed by atoms with van der Waals surface area (Å²) < 4.78 is 5.50. The van der Waals surface area contributed by atoms with Crippen LogP contribution in [-0.2, 0) is 11.2 Å². The molecule has 1 aromatic carbocycles. The number of carbonyl (C=O) groups is 1. The first-order valence-corrected chi connectivity index (χ1v) is 9.28. The van der Waals surface area contributed by atoms with Crippen LogP contribution in [0.5, 0.6) is 11.5 Å². The van der Waals surface area contributed by atoms with Crippen molar-refractivity contribution in [2.75, 3.05) is 45.2 Å². The highest BCUT2D eigenvalue weighted by molar-refractivity contribution is 5.97. The summed E-state index contributed by atoms with van der Waals surface area (Å²) in [5, 5.41) is 16.0. The summed E-state index contributed by atoms with van der Waals surface area (Å²) in [5.41, 5.74) is 1.38. The standard InChI is InChI=1S/C19H31N3O3/c1-3-4-5-6-12-22(2)13-11-20-10-9-15-7-8-16(23)18-19(15)25-14-17(24)21-18/h7-8,20,23H,3-6,9-14H2,1-2H3,(H,21,24). The Morgan fingerprint density at radius 2 is 2.08 bits per heavy atom. The molecule has 6 heteroatoms. The molecule has 140 valence electrons. The first-order valence-electron chi connectivity index (χ1n) is 9.28. The van der Waals surface area contributed by atoms with Gasteiger partial charge in [0.1, 0.15) is 11.4 Å². The van der Waals surface area contributed by atoms with Gasteiger partial charge < -0.3 is 25.4 Å². The molecular weight excluding hydrogens is 318 g/mol. The first kappa shape index (κ1) is 19.5. The minimum atomic E-state index is -0.236. The number of ether oxygens (including phenoxy) is 1. The van der Waals surface area contributed by atoms with E-state index in [4.69, 9.17) is 4.74 Å². The zero-order valence-electron chi connectivity index (χ0n) is 15.4. The van der Waals surface area contributed by atoms with Crippen molar-refractivity contribution in [3.63, 3.8) is 0 Å². The third kappa shape index (κ3) is 6.21. The number of phenolic OH excluding ortho intramolecular Hbond substituents is 1. The quantitative estimate of drug-likeness (QED) is 0.422. The molecule has 0 radical (unpaired) electrons. The highest BCUT2D eigenvalue weighted by Crippen LogP contribution is 2.39. The molecule has 0 fully saturated rings. The van der Waals surface area contributed by atoms with Crippen molar-refractivity contribution in [1.82, 2.24) is 10.2 Å². The van der Waals surface area contributed by atoms with Crippen LogP contribution in [0.2, 0.25) is 0 Å². The second-order valence-electron chi connectivity index (χ2n) is 6.65. The number of nitrogens with one attached hydrogen (secondary N) is 2. The van der Waals surface area contributed by atoms with Crippen LogP contribution in [0.15, 0.2) is 12.1 Å². The molecule has 0 saturated heterocycles. The van der Waals surface area contributed by atoms with Gasteiger partial charge in [0.05, 0.1) is 0 Å². The van der Waals surface area contributed by atoms with Crippen LogP contribution < -0.4 is 15.4 Å². The minimum absolute atomic E-state index is 0.000290. The molecule has 6 nitrogen and oxygen atoms in total. The van der Waals surface area contributed by atoms with Gasteiger partial charge in [-0.3, -0.25) is 4.79 Å². The lowest BCUT2D eigenvalue weighted by Gasteiger charge is -2.22. The second kappa shape index (κ2) is 10.3. The number of rotatable bonds is 11. The van der Waals surface area contributed by atoms with Gasteiger partial charge in [-0.05, 0) is 44.6 Å². The second-order valence-corrected chi connectivity index (χ2v) is 6.65. The van der Waals surface area contributed by atoms with Gasteiger partial charge in [-0.25, -0.2) is 0 Å². The van der Waals surface area contributed by atoms with E-state index in [9.17, 15) is 9.90 Å². The van der Waals surface area contributed by atoms with Gasteiger partial charge in [-0.2, -0.15) is 0 Å². The van der Waals surface area contributed by atoms with Crippen molar-refractivity contribution in [3.05, 3.63) is 17.7 Å². The third-order valence-electron chi connectivity index (χ3n) is 4.46. The number of fused-ring (bicyclic) bond motifs is 1. The number of anilines is 1. The Labute approximate surface area is 150 Å². The van der Waals surface area contributed by atoms with Crippen molar-refractivity contribution in [1.29, 1.82) is 0 Å². The Morgan fingerprint density at radius 1 is 1.24 bits per heavy atom. The van der Waals surface area contributed by atoms with Crippen LogP contribution in [-0.4, -0.2) is 55.7 Å². The molecule has 2 rings (SSSR count). The number of amides is 1. The van der Waals surface area contributed by atoms with Crippen LogP contribution in [0.4, 0.5) is 5.69 Å². The van der Waals surface area contributed by atoms with E-state index in [-0.39, 0.29) is 18.3 Å². The average Bonchev–Trinajstić information content (AvgIpc) is 2.60. The Hall–Kier alpha value is -1.79. The molecule has 1 aliphatic rings. The number of nitrogens with zero attached hydrogens (tertiary/aromatic N) is 1. The van der Waals surface area contributed by atoms with Gasteiger partial charge in [0.2, 0.25) is 0 Å². The minimum Gasteiger partial charge on any atom is -0.506 e. The fourth-order valence-electron chi connectivity index (χ4n) is 2.95. The van der Waals surface area contributed by atoms with Crippen LogP contribution >= 0.6 is 0 Å². The number of likely N-dealkylation sites (N-methyl/N-ethyl adjacent to an activating group) is 1. The van der Waals surface area contributed by atoms with Gasteiger partial charge >= 0.3 is 0 Å². The van der Waals surface area contributed by atoms with Crippen LogP contribution in [0, 0.1) is 0 Å². The van der Waals surface area contributed by atoms with Crippen molar-refractivity contribution in [3.8, 4) is 11.5 Å². The van der Waals surface area contributed by atoms with E-state index in [1.165, 1.54) is 25.7 Å². The van der Waals surface area contributed by atoms with Crippen LogP contribution in [0.25, 0.3) is 0 Å². The molecule has 1 aromatic rings. The molecule has 25 heavy (non-hydrogen) atoms. The zero-order valence-corrected chi connectivity index (χ0v) is 15.4. The van der Waals surface area contributed by atoms with Gasteiger partial charge in [0, 0.05) is 13.1 Å². The summed E-state index contributed by atoms with van der Waals surface area (Å²) in [6.45, 7) is 6.20. The monoisotopic (exact) mass is 349 g/mol. The van der Waals surface area contributed by atoms with E-state index in [0.29, 0.717) is 11.4 Å². The first-order chi connectivity index (χ1) is 12.1. The number of carbonyl (C=O) groups excluding carboxylic acids is 1. The number of hydrogen-bond acceptors (Lipinski definition) is 5. The fourth-order valence-corrected chi connectivity index (χ4v) is 2.95. The lowest BCUT2D eigenvalue weighted by Crippen LogP contribution is -2.31. The number of benzene rings is 1. The number of aromatic hydroxyl groups is 1. The largest absolute Gasteiger partial charge is 0.506 e. The van der Waals surface area contributed by atoms with E-state index in [2.05, 4.69) is 29.5 Å². The van der Waals surface area contributed by atoms with Crippen LogP contribution in [0.1, 0.15) is 38.2 Å². The van der Waals surface area contributed by atoms with E-state index in [1.807, 2.05) is 6.07 Å². The van der Waals surface area contributed by atoms with E-state index in [0.717, 1.165) is 38.2 Å². The molecule has 1 amide bonds. The zero-order chi connectivity index (χ0) is 18.1. The van der Waals surface area contributed by atoms with Gasteiger partial charge in [-0.15, -0.1) is 0 Å². The highest BCUT2D eigenvalue weighted by Gasteiger charge is 2.22. The van der Waals surface area contributed by atoms with Crippen molar-refractivity contribution in [2.45, 2.75) is 39.0 Å². The molecule has 0 unspecified atom stereocenters. The predicted octanol–water partition coefficient (Wildman–Crippen LogP) is 2.37. The normalized spacial score (nSPS) is 13.5. The fraction of sp³-hybridized carbons (Fsp3) is 0.632. The molecular formula is C19H31N3O3. The summed E-state index contributed by atoms with van der Waals surface area (Å²) >= 11 is 0. The number of unbranched alkanes of at least 4 members (excludes halogenated alkanes) is 3. The maximum atomic E-state index is 11.4. The molecule has 0 aromatic heterocycles.